The molecule has 1 aromatic carbocycles. The summed E-state index contributed by atoms with van der Waals surface area (Å²) in [7, 11) is -3.57. The Balaban J connectivity index is 1.60. The van der Waals surface area contributed by atoms with Gasteiger partial charge in [-0.3, -0.25) is 4.40 Å². The van der Waals surface area contributed by atoms with Crippen LogP contribution in [0.4, 0.5) is 0 Å². The molecule has 0 N–H and O–H groups in total. The van der Waals surface area contributed by atoms with Gasteiger partial charge in [-0.25, -0.2) is 8.42 Å². The summed E-state index contributed by atoms with van der Waals surface area (Å²) in [6, 6.07) is 6.99. The van der Waals surface area contributed by atoms with Crippen LogP contribution >= 0.6 is 23.4 Å². The maximum absolute atomic E-state index is 12.9. The molecule has 1 aliphatic heterocycles. The van der Waals surface area contributed by atoms with Crippen molar-refractivity contribution >= 4 is 39.0 Å². The van der Waals surface area contributed by atoms with E-state index in [1.54, 1.807) is 22.7 Å². The predicted octanol–water partition coefficient (Wildman–Crippen LogP) is 3.87. The topological polar surface area (TPSA) is 86.0 Å². The van der Waals surface area contributed by atoms with Crippen molar-refractivity contribution in [3.05, 3.63) is 41.0 Å². The number of hydrogen-bond acceptors (Lipinski definition) is 7. The number of nitrogens with zero attached hydrogens (tertiary/aromatic N) is 4. The van der Waals surface area contributed by atoms with E-state index in [1.165, 1.54) is 16.1 Å². The monoisotopic (exact) mass is 482 g/mol. The maximum atomic E-state index is 12.9. The van der Waals surface area contributed by atoms with Crippen molar-refractivity contribution in [2.45, 2.75) is 36.1 Å². The molecule has 3 heterocycles. The van der Waals surface area contributed by atoms with Gasteiger partial charge in [0.25, 0.3) is 0 Å². The molecule has 0 spiro atoms. The van der Waals surface area contributed by atoms with Crippen molar-refractivity contribution in [3.8, 4) is 11.5 Å². The highest BCUT2D eigenvalue weighted by molar-refractivity contribution is 7.98. The van der Waals surface area contributed by atoms with Crippen molar-refractivity contribution in [2.24, 2.45) is 0 Å². The van der Waals surface area contributed by atoms with E-state index in [4.69, 9.17) is 21.1 Å². The van der Waals surface area contributed by atoms with E-state index >= 15 is 0 Å². The van der Waals surface area contributed by atoms with E-state index < -0.39 is 10.0 Å². The van der Waals surface area contributed by atoms with Crippen LogP contribution in [-0.2, 0) is 15.8 Å². The quantitative estimate of drug-likeness (QED) is 0.472. The average Bonchev–Trinajstić information content (AvgIpc) is 3.00. The van der Waals surface area contributed by atoms with Crippen LogP contribution < -0.4 is 9.47 Å². The van der Waals surface area contributed by atoms with Crippen LogP contribution in [0.3, 0.4) is 0 Å². The second-order valence-corrected chi connectivity index (χ2v) is 10.2. The molecule has 0 saturated heterocycles. The van der Waals surface area contributed by atoms with Crippen LogP contribution in [0.1, 0.15) is 25.8 Å². The maximum Gasteiger partial charge on any atom is 0.244 e. The average molecular weight is 483 g/mol. The number of ether oxygens (including phenoxy) is 2. The van der Waals surface area contributed by atoms with Crippen LogP contribution in [-0.4, -0.2) is 53.6 Å². The van der Waals surface area contributed by atoms with Crippen molar-refractivity contribution in [2.75, 3.05) is 26.3 Å². The lowest BCUT2D eigenvalue weighted by Gasteiger charge is -2.18. The lowest BCUT2D eigenvalue weighted by atomic mass is 10.2. The van der Waals surface area contributed by atoms with E-state index in [2.05, 4.69) is 10.2 Å². The van der Waals surface area contributed by atoms with Crippen molar-refractivity contribution in [3.63, 3.8) is 0 Å². The Bertz CT molecular complexity index is 1200. The van der Waals surface area contributed by atoms with Gasteiger partial charge in [0, 0.05) is 31.5 Å². The van der Waals surface area contributed by atoms with Crippen LogP contribution in [0.15, 0.2) is 40.5 Å². The third kappa shape index (κ3) is 4.48. The first-order chi connectivity index (χ1) is 14.9. The summed E-state index contributed by atoms with van der Waals surface area (Å²) < 4.78 is 40.3. The highest BCUT2D eigenvalue weighted by Crippen LogP contribution is 2.39. The molecule has 0 bridgehead atoms. The standard InChI is InChI=1S/C20H23ClN4O4S2/c1-3-24(4-2)31(26,27)15-6-7-18-22-23-20(25(18)12-15)30-13-14-10-16(21)19-17(11-14)28-8-5-9-29-19/h6-7,10-12H,3-5,8-9,13H2,1-2H3. The van der Waals surface area contributed by atoms with Crippen LogP contribution in [0, 0.1) is 0 Å². The Morgan fingerprint density at radius 2 is 1.94 bits per heavy atom. The number of pyridine rings is 1. The molecule has 0 fully saturated rings. The number of aromatic nitrogens is 3. The molecule has 0 atom stereocenters. The number of rotatable bonds is 7. The van der Waals surface area contributed by atoms with Gasteiger partial charge < -0.3 is 9.47 Å². The summed E-state index contributed by atoms with van der Waals surface area (Å²) in [5.41, 5.74) is 1.53. The number of sulfonamides is 1. The second-order valence-electron chi connectivity index (χ2n) is 6.91. The fourth-order valence-corrected chi connectivity index (χ4v) is 5.92. The Morgan fingerprint density at radius 1 is 1.16 bits per heavy atom. The minimum absolute atomic E-state index is 0.212. The Labute approximate surface area is 190 Å². The van der Waals surface area contributed by atoms with Crippen LogP contribution in [0.25, 0.3) is 5.65 Å². The Kier molecular flexibility index (Phi) is 6.61. The van der Waals surface area contributed by atoms with Gasteiger partial charge in [-0.05, 0) is 29.8 Å². The molecule has 3 aromatic rings. The zero-order valence-corrected chi connectivity index (χ0v) is 19.6. The van der Waals surface area contributed by atoms with Gasteiger partial charge in [-0.1, -0.05) is 37.2 Å². The highest BCUT2D eigenvalue weighted by atomic mass is 35.5. The summed E-state index contributed by atoms with van der Waals surface area (Å²) >= 11 is 7.82. The number of halogens is 1. The molecule has 31 heavy (non-hydrogen) atoms. The summed E-state index contributed by atoms with van der Waals surface area (Å²) in [6.45, 7) is 5.61. The molecule has 0 saturated carbocycles. The van der Waals surface area contributed by atoms with Gasteiger partial charge in [0.2, 0.25) is 10.0 Å². The molecule has 8 nitrogen and oxygen atoms in total. The molecule has 0 amide bonds. The molecule has 0 aliphatic carbocycles. The first-order valence-corrected chi connectivity index (χ1v) is 12.8. The van der Waals surface area contributed by atoms with E-state index in [1.807, 2.05) is 26.0 Å². The van der Waals surface area contributed by atoms with Crippen molar-refractivity contribution in [1.29, 1.82) is 0 Å². The van der Waals surface area contributed by atoms with Crippen molar-refractivity contribution < 1.29 is 17.9 Å². The summed E-state index contributed by atoms with van der Waals surface area (Å²) in [6.07, 6.45) is 2.38. The molecule has 166 valence electrons. The second kappa shape index (κ2) is 9.23. The minimum atomic E-state index is -3.57. The molecule has 0 radical (unpaired) electrons. The normalized spacial score (nSPS) is 14.2. The highest BCUT2D eigenvalue weighted by Gasteiger charge is 2.23. The summed E-state index contributed by atoms with van der Waals surface area (Å²) in [5.74, 6) is 1.77. The largest absolute Gasteiger partial charge is 0.489 e. The lowest BCUT2D eigenvalue weighted by Crippen LogP contribution is -2.30. The van der Waals surface area contributed by atoms with E-state index in [0.29, 0.717) is 59.4 Å². The molecule has 0 unspecified atom stereocenters. The Morgan fingerprint density at radius 3 is 2.71 bits per heavy atom. The summed E-state index contributed by atoms with van der Waals surface area (Å²) in [5, 5.41) is 9.48. The van der Waals surface area contributed by atoms with Gasteiger partial charge in [0.15, 0.2) is 22.3 Å². The third-order valence-corrected chi connectivity index (χ3v) is 8.25. The van der Waals surface area contributed by atoms with E-state index in [-0.39, 0.29) is 4.90 Å². The molecule has 2 aromatic heterocycles. The fourth-order valence-electron chi connectivity index (χ4n) is 3.33. The van der Waals surface area contributed by atoms with Gasteiger partial charge >= 0.3 is 0 Å². The van der Waals surface area contributed by atoms with Crippen LogP contribution in [0.2, 0.25) is 5.02 Å². The molecular weight excluding hydrogens is 460 g/mol. The predicted molar refractivity (Wildman–Crippen MR) is 120 cm³/mol. The summed E-state index contributed by atoms with van der Waals surface area (Å²) in [4.78, 5) is 0.212. The van der Waals surface area contributed by atoms with Crippen LogP contribution in [0.5, 0.6) is 11.5 Å². The zero-order valence-electron chi connectivity index (χ0n) is 17.2. The van der Waals surface area contributed by atoms with Gasteiger partial charge in [-0.2, -0.15) is 4.31 Å². The lowest BCUT2D eigenvalue weighted by molar-refractivity contribution is 0.297. The minimum Gasteiger partial charge on any atom is -0.489 e. The van der Waals surface area contributed by atoms with Gasteiger partial charge in [0.1, 0.15) is 0 Å². The first kappa shape index (κ1) is 22.2. The molecule has 1 aliphatic rings. The number of thioether (sulfide) groups is 1. The number of fused-ring (bicyclic) bond motifs is 2. The number of benzene rings is 1. The fraction of sp³-hybridized carbons (Fsp3) is 0.400. The molecular formula is C20H23ClN4O4S2. The third-order valence-electron chi connectivity index (χ3n) is 4.92. The van der Waals surface area contributed by atoms with Crippen molar-refractivity contribution in [1.82, 2.24) is 18.9 Å². The SMILES string of the molecule is CCN(CC)S(=O)(=O)c1ccc2nnc(SCc3cc(Cl)c4c(c3)OCCCO4)n2c1. The van der Waals surface area contributed by atoms with Gasteiger partial charge in [-0.15, -0.1) is 10.2 Å². The zero-order chi connectivity index (χ0) is 22.0. The first-order valence-electron chi connectivity index (χ1n) is 9.99. The molecule has 11 heteroatoms. The smallest absolute Gasteiger partial charge is 0.244 e. The Hall–Kier alpha value is -2.01. The molecule has 4 rings (SSSR count). The van der Waals surface area contributed by atoms with Gasteiger partial charge in [0.05, 0.1) is 23.1 Å². The van der Waals surface area contributed by atoms with E-state index in [9.17, 15) is 8.42 Å². The number of hydrogen-bond donors (Lipinski definition) is 0. The van der Waals surface area contributed by atoms with E-state index in [0.717, 1.165) is 12.0 Å².